The fourth-order valence-electron chi connectivity index (χ4n) is 1.41. The molecule has 1 heterocycles. The number of hydrogen-bond acceptors (Lipinski definition) is 2. The number of allylic oxidation sites excluding steroid dienone is 2. The van der Waals surface area contributed by atoms with Crippen molar-refractivity contribution >= 4 is 6.03 Å². The van der Waals surface area contributed by atoms with E-state index in [0.29, 0.717) is 5.70 Å². The zero-order chi connectivity index (χ0) is 9.42. The van der Waals surface area contributed by atoms with Crippen LogP contribution < -0.4 is 16.4 Å². The summed E-state index contributed by atoms with van der Waals surface area (Å²) in [6.07, 6.45) is 5.62. The molecular formula is C9H11N3O. The van der Waals surface area contributed by atoms with E-state index in [2.05, 4.69) is 10.6 Å². The summed E-state index contributed by atoms with van der Waals surface area (Å²) in [5, 5.41) is 5.41. The van der Waals surface area contributed by atoms with Gasteiger partial charge in [0.05, 0.1) is 6.04 Å². The van der Waals surface area contributed by atoms with E-state index in [1.165, 1.54) is 0 Å². The molecule has 0 fully saturated rings. The molecule has 4 nitrogen and oxygen atoms in total. The molecule has 68 valence electrons. The molecule has 0 aromatic rings. The van der Waals surface area contributed by atoms with Crippen LogP contribution in [-0.4, -0.2) is 12.1 Å². The number of nitrogens with one attached hydrogen (secondary N) is 2. The molecule has 1 aliphatic heterocycles. The Balaban J connectivity index is 2.42. The van der Waals surface area contributed by atoms with Crippen molar-refractivity contribution in [1.29, 1.82) is 0 Å². The highest BCUT2D eigenvalue weighted by Gasteiger charge is 2.18. The highest BCUT2D eigenvalue weighted by atomic mass is 16.2. The first-order valence-electron chi connectivity index (χ1n) is 4.10. The Bertz CT molecular complexity index is 352. The molecule has 0 aromatic heterocycles. The lowest BCUT2D eigenvalue weighted by Crippen LogP contribution is -2.44. The monoisotopic (exact) mass is 177 g/mol. The number of amides is 2. The van der Waals surface area contributed by atoms with Gasteiger partial charge in [0, 0.05) is 11.4 Å². The first kappa shape index (κ1) is 7.91. The van der Waals surface area contributed by atoms with Crippen molar-refractivity contribution in [3.63, 3.8) is 0 Å². The predicted octanol–water partition coefficient (Wildman–Crippen LogP) is 0.354. The summed E-state index contributed by atoms with van der Waals surface area (Å²) in [6, 6.07) is -0.269. The lowest BCUT2D eigenvalue weighted by Gasteiger charge is -2.18. The summed E-state index contributed by atoms with van der Waals surface area (Å²) in [7, 11) is 0. The number of rotatable bonds is 0. The van der Waals surface area contributed by atoms with E-state index >= 15 is 0 Å². The topological polar surface area (TPSA) is 67.1 Å². The third kappa shape index (κ3) is 1.42. The van der Waals surface area contributed by atoms with Gasteiger partial charge in [0.2, 0.25) is 0 Å². The third-order valence-electron chi connectivity index (χ3n) is 2.10. The van der Waals surface area contributed by atoms with Gasteiger partial charge in [-0.05, 0) is 30.7 Å². The molecule has 0 saturated carbocycles. The average molecular weight is 177 g/mol. The van der Waals surface area contributed by atoms with Crippen LogP contribution >= 0.6 is 0 Å². The van der Waals surface area contributed by atoms with Gasteiger partial charge in [-0.2, -0.15) is 0 Å². The predicted molar refractivity (Wildman–Crippen MR) is 49.6 cm³/mol. The van der Waals surface area contributed by atoms with E-state index in [4.69, 9.17) is 5.73 Å². The van der Waals surface area contributed by atoms with Crippen LogP contribution in [0.5, 0.6) is 0 Å². The molecule has 0 radical (unpaired) electrons. The van der Waals surface area contributed by atoms with Crippen molar-refractivity contribution in [2.24, 2.45) is 5.73 Å². The van der Waals surface area contributed by atoms with E-state index in [1.54, 1.807) is 0 Å². The number of urea groups is 1. The Kier molecular flexibility index (Phi) is 1.62. The van der Waals surface area contributed by atoms with E-state index < -0.39 is 0 Å². The van der Waals surface area contributed by atoms with Crippen LogP contribution in [0, 0.1) is 0 Å². The minimum Gasteiger partial charge on any atom is -0.399 e. The Morgan fingerprint density at radius 1 is 1.46 bits per heavy atom. The van der Waals surface area contributed by atoms with Crippen LogP contribution in [0.4, 0.5) is 4.79 Å². The minimum absolute atomic E-state index is 0.0857. The fraction of sp³-hybridized carbons (Fsp3) is 0.222. The number of carbonyl (C=O) groups excluding carboxylic acids is 1. The summed E-state index contributed by atoms with van der Waals surface area (Å²) >= 11 is 0. The van der Waals surface area contributed by atoms with E-state index in [9.17, 15) is 4.79 Å². The van der Waals surface area contributed by atoms with Gasteiger partial charge in [0.15, 0.2) is 0 Å². The van der Waals surface area contributed by atoms with Gasteiger partial charge in [0.25, 0.3) is 0 Å². The molecule has 1 unspecified atom stereocenters. The highest BCUT2D eigenvalue weighted by Crippen LogP contribution is 2.15. The third-order valence-corrected chi connectivity index (χ3v) is 2.10. The van der Waals surface area contributed by atoms with Gasteiger partial charge < -0.3 is 16.4 Å². The number of nitrogens with two attached hydrogens (primary N) is 1. The summed E-state index contributed by atoms with van der Waals surface area (Å²) in [5.41, 5.74) is 8.25. The quantitative estimate of drug-likeness (QED) is 0.500. The second-order valence-electron chi connectivity index (χ2n) is 3.20. The summed E-state index contributed by atoms with van der Waals surface area (Å²) in [4.78, 5) is 11.1. The standard InChI is InChI=1S/C9H11N3O/c1-5-2-6-3-7(4-8(5)10)12-9(13)11-6/h2-4,7H,10H2,1H3,(H2,11,12,13). The molecule has 0 saturated heterocycles. The molecule has 0 spiro atoms. The number of hydrogen-bond donors (Lipinski definition) is 3. The van der Waals surface area contributed by atoms with Crippen LogP contribution in [0.3, 0.4) is 0 Å². The van der Waals surface area contributed by atoms with Gasteiger partial charge in [-0.15, -0.1) is 0 Å². The summed E-state index contributed by atoms with van der Waals surface area (Å²) in [5.74, 6) is 0. The van der Waals surface area contributed by atoms with Crippen molar-refractivity contribution in [3.05, 3.63) is 35.2 Å². The molecule has 2 aliphatic rings. The maximum absolute atomic E-state index is 11.1. The SMILES string of the molecule is CC1=CC2=CC(C=C1N)NC(=O)N2. The second-order valence-corrected chi connectivity index (χ2v) is 3.20. The van der Waals surface area contributed by atoms with Crippen molar-refractivity contribution in [2.75, 3.05) is 0 Å². The minimum atomic E-state index is -0.183. The van der Waals surface area contributed by atoms with E-state index in [-0.39, 0.29) is 12.1 Å². The summed E-state index contributed by atoms with van der Waals surface area (Å²) in [6.45, 7) is 1.92. The molecule has 13 heavy (non-hydrogen) atoms. The zero-order valence-corrected chi connectivity index (χ0v) is 7.29. The van der Waals surface area contributed by atoms with E-state index in [0.717, 1.165) is 11.3 Å². The van der Waals surface area contributed by atoms with Crippen LogP contribution in [0.2, 0.25) is 0 Å². The van der Waals surface area contributed by atoms with Crippen molar-refractivity contribution < 1.29 is 4.79 Å². The highest BCUT2D eigenvalue weighted by molar-refractivity contribution is 5.79. The Morgan fingerprint density at radius 2 is 2.23 bits per heavy atom. The Hall–Kier alpha value is -1.71. The molecule has 4 N–H and O–H groups in total. The first-order valence-corrected chi connectivity index (χ1v) is 4.10. The molecule has 0 aromatic carbocycles. The maximum atomic E-state index is 11.1. The van der Waals surface area contributed by atoms with Gasteiger partial charge in [-0.3, -0.25) is 0 Å². The average Bonchev–Trinajstić information content (AvgIpc) is 2.09. The fourth-order valence-corrected chi connectivity index (χ4v) is 1.41. The van der Waals surface area contributed by atoms with Crippen LogP contribution in [0.15, 0.2) is 35.2 Å². The van der Waals surface area contributed by atoms with Crippen molar-refractivity contribution in [2.45, 2.75) is 13.0 Å². The smallest absolute Gasteiger partial charge is 0.319 e. The number of carbonyl (C=O) groups is 1. The van der Waals surface area contributed by atoms with Crippen molar-refractivity contribution in [1.82, 2.24) is 10.6 Å². The van der Waals surface area contributed by atoms with Gasteiger partial charge in [-0.25, -0.2) is 4.79 Å². The molecule has 4 heteroatoms. The maximum Gasteiger partial charge on any atom is 0.319 e. The zero-order valence-electron chi connectivity index (χ0n) is 7.29. The van der Waals surface area contributed by atoms with Crippen LogP contribution in [0.1, 0.15) is 6.92 Å². The number of fused-ring (bicyclic) bond motifs is 1. The second kappa shape index (κ2) is 2.65. The largest absolute Gasteiger partial charge is 0.399 e. The normalized spacial score (nSPS) is 26.1. The Labute approximate surface area is 76.2 Å². The van der Waals surface area contributed by atoms with Gasteiger partial charge >= 0.3 is 6.03 Å². The molecule has 1 aliphatic carbocycles. The van der Waals surface area contributed by atoms with Gasteiger partial charge in [0.1, 0.15) is 0 Å². The lowest BCUT2D eigenvalue weighted by atomic mass is 10.2. The molecule has 2 bridgehead atoms. The molecular weight excluding hydrogens is 166 g/mol. The molecule has 1 atom stereocenters. The van der Waals surface area contributed by atoms with E-state index in [1.807, 2.05) is 25.2 Å². The summed E-state index contributed by atoms with van der Waals surface area (Å²) < 4.78 is 0. The first-order chi connectivity index (χ1) is 6.15. The molecule has 2 amide bonds. The van der Waals surface area contributed by atoms with Crippen LogP contribution in [-0.2, 0) is 0 Å². The van der Waals surface area contributed by atoms with Crippen LogP contribution in [0.25, 0.3) is 0 Å². The Morgan fingerprint density at radius 3 is 3.00 bits per heavy atom. The van der Waals surface area contributed by atoms with Gasteiger partial charge in [-0.1, -0.05) is 0 Å². The lowest BCUT2D eigenvalue weighted by molar-refractivity contribution is 0.241. The van der Waals surface area contributed by atoms with Crippen molar-refractivity contribution in [3.8, 4) is 0 Å². The molecule has 2 rings (SSSR count).